The highest BCUT2D eigenvalue weighted by Gasteiger charge is 2.14. The Balaban J connectivity index is 3.30. The Morgan fingerprint density at radius 2 is 2.06 bits per heavy atom. The number of ether oxygens (including phenoxy) is 1. The molecule has 0 aliphatic heterocycles. The van der Waals surface area contributed by atoms with Gasteiger partial charge in [-0.2, -0.15) is 0 Å². The van der Waals surface area contributed by atoms with E-state index in [2.05, 4.69) is 5.32 Å². The van der Waals surface area contributed by atoms with Crippen molar-refractivity contribution in [3.63, 3.8) is 0 Å². The standard InChI is InChI=1S/C12H14ClNO3/c1-7-4-10(14-8(2)15)9(11(16)6-13)5-12(7)17-3/h4-5H,6H2,1-3H3,(H,14,15). The first-order chi connectivity index (χ1) is 7.99. The second-order valence-electron chi connectivity index (χ2n) is 3.61. The monoisotopic (exact) mass is 255 g/mol. The molecule has 0 unspecified atom stereocenters. The number of carbonyl (C=O) groups excluding carboxylic acids is 2. The van der Waals surface area contributed by atoms with E-state index in [1.165, 1.54) is 14.0 Å². The summed E-state index contributed by atoms with van der Waals surface area (Å²) < 4.78 is 5.13. The van der Waals surface area contributed by atoms with Gasteiger partial charge >= 0.3 is 0 Å². The minimum absolute atomic E-state index is 0.140. The topological polar surface area (TPSA) is 55.4 Å². The Hall–Kier alpha value is -1.55. The lowest BCUT2D eigenvalue weighted by Gasteiger charge is -2.12. The average molecular weight is 256 g/mol. The molecule has 1 aromatic rings. The van der Waals surface area contributed by atoms with Crippen LogP contribution in [0.2, 0.25) is 0 Å². The van der Waals surface area contributed by atoms with Crippen LogP contribution in [0.15, 0.2) is 12.1 Å². The Labute approximate surface area is 105 Å². The smallest absolute Gasteiger partial charge is 0.221 e. The predicted molar refractivity (Wildman–Crippen MR) is 67.1 cm³/mol. The Morgan fingerprint density at radius 1 is 1.41 bits per heavy atom. The summed E-state index contributed by atoms with van der Waals surface area (Å²) in [5.41, 5.74) is 1.65. The number of halogens is 1. The molecule has 0 aliphatic carbocycles. The van der Waals surface area contributed by atoms with Crippen LogP contribution in [0.5, 0.6) is 5.75 Å². The third kappa shape index (κ3) is 3.20. The van der Waals surface area contributed by atoms with E-state index < -0.39 is 0 Å². The number of benzene rings is 1. The van der Waals surface area contributed by atoms with E-state index in [9.17, 15) is 9.59 Å². The average Bonchev–Trinajstić information content (AvgIpc) is 2.27. The lowest BCUT2D eigenvalue weighted by Crippen LogP contribution is -2.12. The molecule has 4 nitrogen and oxygen atoms in total. The minimum atomic E-state index is -0.256. The highest BCUT2D eigenvalue weighted by molar-refractivity contribution is 6.31. The molecule has 92 valence electrons. The molecule has 0 atom stereocenters. The second kappa shape index (κ2) is 5.68. The summed E-state index contributed by atoms with van der Waals surface area (Å²) in [6, 6.07) is 3.28. The van der Waals surface area contributed by atoms with Crippen LogP contribution in [0, 0.1) is 6.92 Å². The zero-order valence-electron chi connectivity index (χ0n) is 9.96. The van der Waals surface area contributed by atoms with Gasteiger partial charge in [0.2, 0.25) is 5.91 Å². The van der Waals surface area contributed by atoms with Crippen molar-refractivity contribution in [1.82, 2.24) is 0 Å². The molecule has 0 saturated carbocycles. The van der Waals surface area contributed by atoms with Crippen LogP contribution in [0.4, 0.5) is 5.69 Å². The number of hydrogen-bond donors (Lipinski definition) is 1. The zero-order chi connectivity index (χ0) is 13.0. The first-order valence-corrected chi connectivity index (χ1v) is 5.58. The Kier molecular flexibility index (Phi) is 4.52. The molecule has 0 saturated heterocycles. The SMILES string of the molecule is COc1cc(C(=O)CCl)c(NC(C)=O)cc1C. The van der Waals surface area contributed by atoms with Crippen LogP contribution in [0.3, 0.4) is 0 Å². The molecule has 0 bridgehead atoms. The van der Waals surface area contributed by atoms with Crippen molar-refractivity contribution < 1.29 is 14.3 Å². The van der Waals surface area contributed by atoms with E-state index in [0.29, 0.717) is 17.0 Å². The molecule has 1 rings (SSSR count). The van der Waals surface area contributed by atoms with Gasteiger partial charge in [-0.05, 0) is 24.6 Å². The maximum atomic E-state index is 11.7. The molecule has 0 radical (unpaired) electrons. The summed E-state index contributed by atoms with van der Waals surface area (Å²) in [5.74, 6) is -0.0433. The van der Waals surface area contributed by atoms with Gasteiger partial charge in [-0.1, -0.05) is 0 Å². The van der Waals surface area contributed by atoms with Crippen LogP contribution in [0.25, 0.3) is 0 Å². The van der Waals surface area contributed by atoms with Crippen molar-refractivity contribution in [1.29, 1.82) is 0 Å². The molecular formula is C12H14ClNO3. The summed E-state index contributed by atoms with van der Waals surface area (Å²) in [6.07, 6.45) is 0. The fourth-order valence-corrected chi connectivity index (χ4v) is 1.65. The number of rotatable bonds is 4. The number of amides is 1. The van der Waals surface area contributed by atoms with Crippen LogP contribution in [-0.4, -0.2) is 24.7 Å². The Bertz CT molecular complexity index is 457. The predicted octanol–water partition coefficient (Wildman–Crippen LogP) is 2.38. The second-order valence-corrected chi connectivity index (χ2v) is 3.87. The highest BCUT2D eigenvalue weighted by Crippen LogP contribution is 2.27. The molecule has 1 aromatic carbocycles. The number of ketones is 1. The maximum absolute atomic E-state index is 11.7. The van der Waals surface area contributed by atoms with Crippen molar-refractivity contribution in [2.75, 3.05) is 18.3 Å². The number of nitrogens with one attached hydrogen (secondary N) is 1. The largest absolute Gasteiger partial charge is 0.496 e. The number of Topliss-reactive ketones (excluding diaryl/α,β-unsaturated/α-hetero) is 1. The van der Waals surface area contributed by atoms with Gasteiger partial charge in [0, 0.05) is 12.5 Å². The van der Waals surface area contributed by atoms with Gasteiger partial charge in [0.1, 0.15) is 5.75 Å². The van der Waals surface area contributed by atoms with Gasteiger partial charge in [0.05, 0.1) is 18.7 Å². The molecule has 1 N–H and O–H groups in total. The summed E-state index contributed by atoms with van der Waals surface area (Å²) in [6.45, 7) is 3.22. The number of carbonyl (C=O) groups is 2. The van der Waals surface area contributed by atoms with Crippen LogP contribution < -0.4 is 10.1 Å². The van der Waals surface area contributed by atoms with Crippen molar-refractivity contribution in [2.45, 2.75) is 13.8 Å². The van der Waals surface area contributed by atoms with Gasteiger partial charge < -0.3 is 10.1 Å². The van der Waals surface area contributed by atoms with E-state index >= 15 is 0 Å². The van der Waals surface area contributed by atoms with Gasteiger partial charge in [-0.25, -0.2) is 0 Å². The van der Waals surface area contributed by atoms with Crippen LogP contribution in [0.1, 0.15) is 22.8 Å². The van der Waals surface area contributed by atoms with Gasteiger partial charge in [0.25, 0.3) is 0 Å². The third-order valence-corrected chi connectivity index (χ3v) is 2.51. The van der Waals surface area contributed by atoms with Crippen LogP contribution in [-0.2, 0) is 4.79 Å². The van der Waals surface area contributed by atoms with E-state index in [1.54, 1.807) is 12.1 Å². The van der Waals surface area contributed by atoms with Crippen molar-refractivity contribution >= 4 is 29.0 Å². The van der Waals surface area contributed by atoms with Gasteiger partial charge in [0.15, 0.2) is 5.78 Å². The quantitative estimate of drug-likeness (QED) is 0.664. The van der Waals surface area contributed by atoms with E-state index in [0.717, 1.165) is 5.56 Å². The zero-order valence-corrected chi connectivity index (χ0v) is 10.7. The third-order valence-electron chi connectivity index (χ3n) is 2.27. The normalized spacial score (nSPS) is 9.88. The van der Waals surface area contributed by atoms with Gasteiger partial charge in [-0.3, -0.25) is 9.59 Å². The molecule has 0 fully saturated rings. The minimum Gasteiger partial charge on any atom is -0.496 e. The lowest BCUT2D eigenvalue weighted by molar-refractivity contribution is -0.114. The first kappa shape index (κ1) is 13.5. The number of aryl methyl sites for hydroxylation is 1. The fourth-order valence-electron chi connectivity index (χ4n) is 1.50. The van der Waals surface area contributed by atoms with Crippen molar-refractivity contribution in [3.05, 3.63) is 23.3 Å². The highest BCUT2D eigenvalue weighted by atomic mass is 35.5. The molecule has 0 aliphatic rings. The number of alkyl halides is 1. The number of methoxy groups -OCH3 is 1. The molecular weight excluding hydrogens is 242 g/mol. The molecule has 17 heavy (non-hydrogen) atoms. The molecule has 0 heterocycles. The summed E-state index contributed by atoms with van der Waals surface area (Å²) in [5, 5.41) is 2.61. The molecule has 0 aromatic heterocycles. The lowest BCUT2D eigenvalue weighted by atomic mass is 10.1. The number of anilines is 1. The van der Waals surface area contributed by atoms with E-state index in [4.69, 9.17) is 16.3 Å². The molecule has 1 amide bonds. The molecule has 0 spiro atoms. The van der Waals surface area contributed by atoms with Crippen molar-refractivity contribution in [2.24, 2.45) is 0 Å². The fraction of sp³-hybridized carbons (Fsp3) is 0.333. The maximum Gasteiger partial charge on any atom is 0.221 e. The summed E-state index contributed by atoms with van der Waals surface area (Å²) >= 11 is 5.53. The molecule has 5 heteroatoms. The van der Waals surface area contributed by atoms with E-state index in [1.807, 2.05) is 6.92 Å². The first-order valence-electron chi connectivity index (χ1n) is 5.05. The van der Waals surface area contributed by atoms with E-state index in [-0.39, 0.29) is 17.6 Å². The van der Waals surface area contributed by atoms with Crippen molar-refractivity contribution in [3.8, 4) is 5.75 Å². The van der Waals surface area contributed by atoms with Crippen LogP contribution >= 0.6 is 11.6 Å². The summed E-state index contributed by atoms with van der Waals surface area (Å²) in [7, 11) is 1.52. The van der Waals surface area contributed by atoms with Gasteiger partial charge in [-0.15, -0.1) is 11.6 Å². The summed E-state index contributed by atoms with van der Waals surface area (Å²) in [4.78, 5) is 22.7. The number of hydrogen-bond acceptors (Lipinski definition) is 3. The Morgan fingerprint density at radius 3 is 2.53 bits per heavy atom.